The van der Waals surface area contributed by atoms with Gasteiger partial charge in [-0.15, -0.1) is 0 Å². The Labute approximate surface area is 116 Å². The predicted molar refractivity (Wildman–Crippen MR) is 75.1 cm³/mol. The molecule has 0 bridgehead atoms. The van der Waals surface area contributed by atoms with Gasteiger partial charge in [-0.25, -0.2) is 4.98 Å². The summed E-state index contributed by atoms with van der Waals surface area (Å²) in [6, 6.07) is 1.65. The molecule has 104 valence electrons. The standard InChI is InChI=1S/C13H19N3O2S/c1-9-4-2-3-5-10(9)15-12(18)8-19-13-14-7-6-11(17)16-13/h6-7,9-10H,2-5,8H2,1H3,(H,15,18)(H,14,16,17)/t9-,10+/m0/s1. The molecule has 1 amide bonds. The van der Waals surface area contributed by atoms with E-state index in [-0.39, 0.29) is 17.2 Å². The number of thioether (sulfide) groups is 1. The van der Waals surface area contributed by atoms with E-state index < -0.39 is 0 Å². The second-order valence-electron chi connectivity index (χ2n) is 4.96. The Balaban J connectivity index is 1.79. The minimum Gasteiger partial charge on any atom is -0.352 e. The van der Waals surface area contributed by atoms with Crippen LogP contribution in [0.1, 0.15) is 32.6 Å². The minimum absolute atomic E-state index is 0.00949. The van der Waals surface area contributed by atoms with Crippen LogP contribution in [-0.4, -0.2) is 27.7 Å². The lowest BCUT2D eigenvalue weighted by atomic mass is 9.86. The zero-order valence-electron chi connectivity index (χ0n) is 11.0. The summed E-state index contributed by atoms with van der Waals surface area (Å²) in [6.45, 7) is 2.19. The fourth-order valence-corrected chi connectivity index (χ4v) is 3.00. The van der Waals surface area contributed by atoms with Crippen LogP contribution in [0.25, 0.3) is 0 Å². The monoisotopic (exact) mass is 281 g/mol. The van der Waals surface area contributed by atoms with Crippen LogP contribution in [0.5, 0.6) is 0 Å². The number of nitrogens with zero attached hydrogens (tertiary/aromatic N) is 1. The fourth-order valence-electron chi connectivity index (χ4n) is 2.34. The summed E-state index contributed by atoms with van der Waals surface area (Å²) in [5.41, 5.74) is -0.196. The molecule has 2 atom stereocenters. The fraction of sp³-hybridized carbons (Fsp3) is 0.615. The van der Waals surface area contributed by atoms with Crippen molar-refractivity contribution in [2.75, 3.05) is 5.75 Å². The van der Waals surface area contributed by atoms with E-state index in [0.717, 1.165) is 6.42 Å². The number of carbonyl (C=O) groups is 1. The molecule has 0 aliphatic heterocycles. The molecule has 6 heteroatoms. The Morgan fingerprint density at radius 1 is 1.53 bits per heavy atom. The second-order valence-corrected chi connectivity index (χ2v) is 5.93. The highest BCUT2D eigenvalue weighted by molar-refractivity contribution is 7.99. The van der Waals surface area contributed by atoms with E-state index in [0.29, 0.717) is 17.1 Å². The van der Waals surface area contributed by atoms with E-state index in [2.05, 4.69) is 22.2 Å². The Hall–Kier alpha value is -1.30. The molecular weight excluding hydrogens is 262 g/mol. The Morgan fingerprint density at radius 3 is 3.05 bits per heavy atom. The van der Waals surface area contributed by atoms with Gasteiger partial charge in [-0.1, -0.05) is 31.5 Å². The number of hydrogen-bond acceptors (Lipinski definition) is 4. The van der Waals surface area contributed by atoms with Crippen molar-refractivity contribution in [1.29, 1.82) is 0 Å². The van der Waals surface area contributed by atoms with E-state index >= 15 is 0 Å². The third-order valence-electron chi connectivity index (χ3n) is 3.45. The van der Waals surface area contributed by atoms with Crippen molar-refractivity contribution in [2.45, 2.75) is 43.8 Å². The van der Waals surface area contributed by atoms with Crippen molar-refractivity contribution in [1.82, 2.24) is 15.3 Å². The highest BCUT2D eigenvalue weighted by atomic mass is 32.2. The molecule has 0 aromatic carbocycles. The van der Waals surface area contributed by atoms with Gasteiger partial charge in [-0.05, 0) is 18.8 Å². The largest absolute Gasteiger partial charge is 0.352 e. The third-order valence-corrected chi connectivity index (χ3v) is 4.33. The molecule has 2 rings (SSSR count). The van der Waals surface area contributed by atoms with E-state index in [1.165, 1.54) is 43.3 Å². The van der Waals surface area contributed by atoms with Crippen LogP contribution in [-0.2, 0) is 4.79 Å². The Morgan fingerprint density at radius 2 is 2.32 bits per heavy atom. The molecule has 1 saturated carbocycles. The molecule has 1 aromatic heterocycles. The zero-order valence-corrected chi connectivity index (χ0v) is 11.8. The van der Waals surface area contributed by atoms with Crippen LogP contribution in [0.3, 0.4) is 0 Å². The number of nitrogens with one attached hydrogen (secondary N) is 2. The first-order valence-electron chi connectivity index (χ1n) is 6.62. The highest BCUT2D eigenvalue weighted by Gasteiger charge is 2.22. The van der Waals surface area contributed by atoms with Crippen LogP contribution < -0.4 is 10.9 Å². The van der Waals surface area contributed by atoms with Gasteiger partial charge in [0.05, 0.1) is 5.75 Å². The first kappa shape index (κ1) is 14.1. The molecule has 1 aliphatic carbocycles. The van der Waals surface area contributed by atoms with E-state index in [9.17, 15) is 9.59 Å². The second kappa shape index (κ2) is 6.75. The Bertz CT molecular complexity index is 489. The van der Waals surface area contributed by atoms with Gasteiger partial charge in [0.25, 0.3) is 5.56 Å². The smallest absolute Gasteiger partial charge is 0.251 e. The number of aromatic amines is 1. The van der Waals surface area contributed by atoms with E-state index in [1.807, 2.05) is 0 Å². The molecule has 0 radical (unpaired) electrons. The molecule has 1 aromatic rings. The molecule has 5 nitrogen and oxygen atoms in total. The summed E-state index contributed by atoms with van der Waals surface area (Å²) >= 11 is 1.25. The van der Waals surface area contributed by atoms with Crippen molar-refractivity contribution in [3.05, 3.63) is 22.6 Å². The van der Waals surface area contributed by atoms with Gasteiger partial charge in [-0.2, -0.15) is 0 Å². The van der Waals surface area contributed by atoms with Gasteiger partial charge in [0.1, 0.15) is 0 Å². The predicted octanol–water partition coefficient (Wildman–Crippen LogP) is 1.56. The Kier molecular flexibility index (Phi) is 5.01. The van der Waals surface area contributed by atoms with Crippen LogP contribution >= 0.6 is 11.8 Å². The lowest BCUT2D eigenvalue weighted by Gasteiger charge is -2.29. The number of H-pyrrole nitrogens is 1. The number of amides is 1. The van der Waals surface area contributed by atoms with Crippen LogP contribution in [0, 0.1) is 5.92 Å². The van der Waals surface area contributed by atoms with Crippen LogP contribution in [0.15, 0.2) is 22.2 Å². The number of hydrogen-bond donors (Lipinski definition) is 2. The SMILES string of the molecule is C[C@H]1CCCC[C@H]1NC(=O)CSc1nccc(=O)[nH]1. The number of carbonyl (C=O) groups excluding carboxylic acids is 1. The van der Waals surface area contributed by atoms with Crippen molar-refractivity contribution in [3.63, 3.8) is 0 Å². The van der Waals surface area contributed by atoms with Crippen molar-refractivity contribution in [2.24, 2.45) is 5.92 Å². The van der Waals surface area contributed by atoms with Crippen molar-refractivity contribution < 1.29 is 4.79 Å². The lowest BCUT2D eigenvalue weighted by molar-refractivity contribution is -0.119. The molecule has 1 heterocycles. The summed E-state index contributed by atoms with van der Waals surface area (Å²) in [4.78, 5) is 29.5. The quantitative estimate of drug-likeness (QED) is 0.649. The molecular formula is C13H19N3O2S. The summed E-state index contributed by atoms with van der Waals surface area (Å²) in [5.74, 6) is 0.850. The molecule has 19 heavy (non-hydrogen) atoms. The first-order chi connectivity index (χ1) is 9.15. The van der Waals surface area contributed by atoms with Gasteiger partial charge in [0.15, 0.2) is 5.16 Å². The topological polar surface area (TPSA) is 74.8 Å². The molecule has 1 aliphatic rings. The van der Waals surface area contributed by atoms with Crippen LogP contribution in [0.4, 0.5) is 0 Å². The van der Waals surface area contributed by atoms with Gasteiger partial charge in [0, 0.05) is 18.3 Å². The normalized spacial score (nSPS) is 23.0. The van der Waals surface area contributed by atoms with E-state index in [1.54, 1.807) is 0 Å². The van der Waals surface area contributed by atoms with Crippen LogP contribution in [0.2, 0.25) is 0 Å². The van der Waals surface area contributed by atoms with Gasteiger partial charge >= 0.3 is 0 Å². The van der Waals surface area contributed by atoms with Crippen molar-refractivity contribution >= 4 is 17.7 Å². The minimum atomic E-state index is -0.196. The molecule has 1 fully saturated rings. The average molecular weight is 281 g/mol. The lowest BCUT2D eigenvalue weighted by Crippen LogP contribution is -2.41. The van der Waals surface area contributed by atoms with Gasteiger partial charge in [-0.3, -0.25) is 9.59 Å². The van der Waals surface area contributed by atoms with E-state index in [4.69, 9.17) is 0 Å². The zero-order chi connectivity index (χ0) is 13.7. The molecule has 0 unspecified atom stereocenters. The summed E-state index contributed by atoms with van der Waals surface area (Å²) in [5, 5.41) is 3.56. The summed E-state index contributed by atoms with van der Waals surface area (Å²) in [6.07, 6.45) is 6.15. The van der Waals surface area contributed by atoms with Crippen molar-refractivity contribution in [3.8, 4) is 0 Å². The number of aromatic nitrogens is 2. The maximum absolute atomic E-state index is 11.9. The van der Waals surface area contributed by atoms with Gasteiger partial charge in [0.2, 0.25) is 5.91 Å². The van der Waals surface area contributed by atoms with Gasteiger partial charge < -0.3 is 10.3 Å². The number of rotatable bonds is 4. The highest BCUT2D eigenvalue weighted by Crippen LogP contribution is 2.23. The first-order valence-corrected chi connectivity index (χ1v) is 7.61. The molecule has 2 N–H and O–H groups in total. The molecule has 0 saturated heterocycles. The molecule has 0 spiro atoms. The maximum Gasteiger partial charge on any atom is 0.251 e. The maximum atomic E-state index is 11.9. The summed E-state index contributed by atoms with van der Waals surface area (Å²) < 4.78 is 0. The third kappa shape index (κ3) is 4.38. The average Bonchev–Trinajstić information content (AvgIpc) is 2.39. The summed E-state index contributed by atoms with van der Waals surface area (Å²) in [7, 11) is 0.